The molecular weight excluding hydrogens is 233 g/mol. The quantitative estimate of drug-likeness (QED) is 0.869. The molecule has 1 nitrogen and oxygen atoms in total. The Hall–Kier alpha value is -0.670. The maximum atomic E-state index is 12.8. The normalized spacial score (nSPS) is 11.0. The summed E-state index contributed by atoms with van der Waals surface area (Å²) in [6, 6.07) is 4.90. The fraction of sp³-hybridized carbons (Fsp3) is 0.200. The van der Waals surface area contributed by atoms with Crippen LogP contribution in [0.2, 0.25) is 0 Å². The second-order valence-electron chi connectivity index (χ2n) is 2.65. The fourth-order valence-corrected chi connectivity index (χ4v) is 1.33. The second kappa shape index (κ2) is 5.14. The Morgan fingerprint density at radius 3 is 2.85 bits per heavy atom. The van der Waals surface area contributed by atoms with E-state index in [4.69, 9.17) is 5.73 Å². The standard InChI is InChI=1S/C10H11BrFN/c11-9-7-8(3-1-2-6-13)4-5-10(9)12/h1,3-5,7H,2,6,13H2. The Labute approximate surface area is 85.6 Å². The van der Waals surface area contributed by atoms with Crippen molar-refractivity contribution in [2.45, 2.75) is 6.42 Å². The molecule has 0 fully saturated rings. The van der Waals surface area contributed by atoms with Crippen LogP contribution in [-0.4, -0.2) is 6.54 Å². The number of halogens is 2. The smallest absolute Gasteiger partial charge is 0.137 e. The van der Waals surface area contributed by atoms with E-state index in [2.05, 4.69) is 15.9 Å². The monoisotopic (exact) mass is 243 g/mol. The zero-order valence-electron chi connectivity index (χ0n) is 7.13. The highest BCUT2D eigenvalue weighted by Gasteiger charge is 1.96. The minimum absolute atomic E-state index is 0.240. The maximum absolute atomic E-state index is 12.8. The van der Waals surface area contributed by atoms with Crippen LogP contribution in [0.15, 0.2) is 28.7 Å². The molecule has 1 rings (SSSR count). The first-order valence-electron chi connectivity index (χ1n) is 4.05. The van der Waals surface area contributed by atoms with Gasteiger partial charge in [0.05, 0.1) is 4.47 Å². The molecule has 0 saturated carbocycles. The first kappa shape index (κ1) is 10.4. The molecule has 0 amide bonds. The van der Waals surface area contributed by atoms with Gasteiger partial charge in [0.25, 0.3) is 0 Å². The maximum Gasteiger partial charge on any atom is 0.137 e. The van der Waals surface area contributed by atoms with Gasteiger partial charge in [-0.15, -0.1) is 0 Å². The molecule has 0 radical (unpaired) electrons. The highest BCUT2D eigenvalue weighted by atomic mass is 79.9. The summed E-state index contributed by atoms with van der Waals surface area (Å²) in [6.07, 6.45) is 4.74. The predicted octanol–water partition coefficient (Wildman–Crippen LogP) is 2.95. The van der Waals surface area contributed by atoms with Gasteiger partial charge in [-0.2, -0.15) is 0 Å². The largest absolute Gasteiger partial charge is 0.330 e. The minimum Gasteiger partial charge on any atom is -0.330 e. The Kier molecular flexibility index (Phi) is 4.12. The summed E-state index contributed by atoms with van der Waals surface area (Å²) in [7, 11) is 0. The SMILES string of the molecule is NCCC=Cc1ccc(F)c(Br)c1. The first-order chi connectivity index (χ1) is 6.24. The van der Waals surface area contributed by atoms with Crippen molar-refractivity contribution < 1.29 is 4.39 Å². The number of nitrogens with two attached hydrogens (primary N) is 1. The van der Waals surface area contributed by atoms with Gasteiger partial charge >= 0.3 is 0 Å². The van der Waals surface area contributed by atoms with Gasteiger partial charge < -0.3 is 5.73 Å². The number of hydrogen-bond donors (Lipinski definition) is 1. The van der Waals surface area contributed by atoms with Crippen LogP contribution >= 0.6 is 15.9 Å². The van der Waals surface area contributed by atoms with E-state index < -0.39 is 0 Å². The van der Waals surface area contributed by atoms with Crippen LogP contribution in [0.4, 0.5) is 4.39 Å². The van der Waals surface area contributed by atoms with E-state index in [1.54, 1.807) is 12.1 Å². The van der Waals surface area contributed by atoms with Crippen LogP contribution in [0.3, 0.4) is 0 Å². The molecule has 0 saturated heterocycles. The highest BCUT2D eigenvalue weighted by molar-refractivity contribution is 9.10. The molecule has 0 spiro atoms. The summed E-state index contributed by atoms with van der Waals surface area (Å²) in [6.45, 7) is 0.638. The van der Waals surface area contributed by atoms with Gasteiger partial charge in [-0.3, -0.25) is 0 Å². The molecule has 2 N–H and O–H groups in total. The molecule has 0 aromatic heterocycles. The zero-order chi connectivity index (χ0) is 9.68. The summed E-state index contributed by atoms with van der Waals surface area (Å²) in [5, 5.41) is 0. The lowest BCUT2D eigenvalue weighted by atomic mass is 10.2. The number of hydrogen-bond acceptors (Lipinski definition) is 1. The van der Waals surface area contributed by atoms with Gasteiger partial charge in [-0.1, -0.05) is 18.2 Å². The second-order valence-corrected chi connectivity index (χ2v) is 3.51. The lowest BCUT2D eigenvalue weighted by molar-refractivity contribution is 0.621. The average molecular weight is 244 g/mol. The summed E-state index contributed by atoms with van der Waals surface area (Å²) < 4.78 is 13.3. The Bertz CT molecular complexity index is 310. The van der Waals surface area contributed by atoms with Crippen molar-refractivity contribution in [3.63, 3.8) is 0 Å². The third-order valence-corrected chi connectivity index (χ3v) is 2.19. The van der Waals surface area contributed by atoms with Gasteiger partial charge in [-0.25, -0.2) is 4.39 Å². The topological polar surface area (TPSA) is 26.0 Å². The van der Waals surface area contributed by atoms with Gasteiger partial charge in [0.2, 0.25) is 0 Å². The van der Waals surface area contributed by atoms with Crippen molar-refractivity contribution in [2.75, 3.05) is 6.54 Å². The summed E-state index contributed by atoms with van der Waals surface area (Å²) >= 11 is 3.12. The van der Waals surface area contributed by atoms with Crippen molar-refractivity contribution in [3.8, 4) is 0 Å². The van der Waals surface area contributed by atoms with Gasteiger partial charge in [0.15, 0.2) is 0 Å². The lowest BCUT2D eigenvalue weighted by Crippen LogP contribution is -1.94. The van der Waals surface area contributed by atoms with E-state index in [0.29, 0.717) is 11.0 Å². The molecule has 0 unspecified atom stereocenters. The van der Waals surface area contributed by atoms with Gasteiger partial charge in [0, 0.05) is 0 Å². The Morgan fingerprint density at radius 2 is 2.23 bits per heavy atom. The van der Waals surface area contributed by atoms with Crippen LogP contribution < -0.4 is 5.73 Å². The molecule has 0 heterocycles. The van der Waals surface area contributed by atoms with E-state index >= 15 is 0 Å². The average Bonchev–Trinajstić information content (AvgIpc) is 2.12. The third-order valence-electron chi connectivity index (χ3n) is 1.59. The van der Waals surface area contributed by atoms with Crippen LogP contribution in [0.1, 0.15) is 12.0 Å². The molecule has 0 bridgehead atoms. The number of benzene rings is 1. The van der Waals surface area contributed by atoms with Crippen molar-refractivity contribution in [3.05, 3.63) is 40.1 Å². The van der Waals surface area contributed by atoms with Gasteiger partial charge in [-0.05, 0) is 46.6 Å². The minimum atomic E-state index is -0.240. The summed E-state index contributed by atoms with van der Waals surface area (Å²) in [5.74, 6) is -0.240. The summed E-state index contributed by atoms with van der Waals surface area (Å²) in [4.78, 5) is 0. The zero-order valence-corrected chi connectivity index (χ0v) is 8.72. The molecule has 0 aliphatic carbocycles. The molecule has 0 atom stereocenters. The van der Waals surface area contributed by atoms with Gasteiger partial charge in [0.1, 0.15) is 5.82 Å². The third kappa shape index (κ3) is 3.28. The molecule has 1 aromatic carbocycles. The van der Waals surface area contributed by atoms with E-state index in [9.17, 15) is 4.39 Å². The first-order valence-corrected chi connectivity index (χ1v) is 4.85. The van der Waals surface area contributed by atoms with Crippen LogP contribution in [0, 0.1) is 5.82 Å². The van der Waals surface area contributed by atoms with E-state index in [0.717, 1.165) is 12.0 Å². The van der Waals surface area contributed by atoms with Crippen LogP contribution in [0.25, 0.3) is 6.08 Å². The fourth-order valence-electron chi connectivity index (χ4n) is 0.932. The number of rotatable bonds is 3. The molecule has 0 aliphatic heterocycles. The van der Waals surface area contributed by atoms with Crippen LogP contribution in [0.5, 0.6) is 0 Å². The molecule has 70 valence electrons. The lowest BCUT2D eigenvalue weighted by Gasteiger charge is -1.96. The van der Waals surface area contributed by atoms with E-state index in [-0.39, 0.29) is 5.82 Å². The molecule has 1 aromatic rings. The summed E-state index contributed by atoms with van der Waals surface area (Å²) in [5.41, 5.74) is 6.30. The molecular formula is C10H11BrFN. The van der Waals surface area contributed by atoms with Crippen molar-refractivity contribution >= 4 is 22.0 Å². The van der Waals surface area contributed by atoms with Crippen LogP contribution in [-0.2, 0) is 0 Å². The van der Waals surface area contributed by atoms with E-state index in [1.165, 1.54) is 6.07 Å². The molecule has 0 aliphatic rings. The van der Waals surface area contributed by atoms with Crippen molar-refractivity contribution in [1.82, 2.24) is 0 Å². The Morgan fingerprint density at radius 1 is 1.46 bits per heavy atom. The molecule has 3 heteroatoms. The van der Waals surface area contributed by atoms with E-state index in [1.807, 2.05) is 12.2 Å². The van der Waals surface area contributed by atoms with Crippen molar-refractivity contribution in [2.24, 2.45) is 5.73 Å². The highest BCUT2D eigenvalue weighted by Crippen LogP contribution is 2.17. The van der Waals surface area contributed by atoms with Crippen molar-refractivity contribution in [1.29, 1.82) is 0 Å². The Balaban J connectivity index is 2.73. The predicted molar refractivity (Wildman–Crippen MR) is 56.8 cm³/mol. The molecule has 13 heavy (non-hydrogen) atoms.